The summed E-state index contributed by atoms with van der Waals surface area (Å²) in [5.74, 6) is 2.39. The minimum atomic E-state index is -0.000549. The van der Waals surface area contributed by atoms with Crippen LogP contribution in [0.2, 0.25) is 0 Å². The molecule has 0 saturated carbocycles. The van der Waals surface area contributed by atoms with E-state index in [4.69, 9.17) is 14.1 Å². The quantitative estimate of drug-likeness (QED) is 0.181. The molecule has 0 bridgehead atoms. The van der Waals surface area contributed by atoms with E-state index < -0.39 is 0 Å². The predicted octanol–water partition coefficient (Wildman–Crippen LogP) is 11.8. The molecular weight excluding hydrogens is 643 g/mol. The predicted molar refractivity (Wildman–Crippen MR) is 211 cm³/mol. The van der Waals surface area contributed by atoms with Gasteiger partial charge in [0.1, 0.15) is 29.6 Å². The molecule has 10 rings (SSSR count). The van der Waals surface area contributed by atoms with Crippen LogP contribution in [0.15, 0.2) is 150 Å². The number of furan rings is 1. The van der Waals surface area contributed by atoms with Crippen molar-refractivity contribution in [3.63, 3.8) is 0 Å². The second-order valence-electron chi connectivity index (χ2n) is 14.4. The lowest BCUT2D eigenvalue weighted by atomic mass is 9.88. The smallest absolute Gasteiger partial charge is 0.159 e. The summed E-state index contributed by atoms with van der Waals surface area (Å²) in [5.41, 5.74) is 9.25. The SMILES string of the molecule is CC(C)(C)c1ccnc(-n2c3ccccc3c3ccc(Oc4cccc(N5CN(c6cccc7c6oc6ccccc67)c6ccncc65)c4)cc32)c1. The van der Waals surface area contributed by atoms with Crippen LogP contribution >= 0.6 is 0 Å². The molecule has 9 aromatic rings. The molecule has 0 N–H and O–H groups in total. The number of aromatic nitrogens is 3. The van der Waals surface area contributed by atoms with E-state index in [1.807, 2.05) is 42.9 Å². The zero-order valence-corrected chi connectivity index (χ0v) is 29.1. The highest BCUT2D eigenvalue weighted by atomic mass is 16.5. The zero-order valence-electron chi connectivity index (χ0n) is 29.1. The van der Waals surface area contributed by atoms with Gasteiger partial charge in [0, 0.05) is 51.8 Å². The monoisotopic (exact) mass is 677 g/mol. The van der Waals surface area contributed by atoms with Crippen molar-refractivity contribution in [2.75, 3.05) is 16.5 Å². The van der Waals surface area contributed by atoms with Gasteiger partial charge in [-0.05, 0) is 71.6 Å². The van der Waals surface area contributed by atoms with E-state index >= 15 is 0 Å². The Labute approximate surface area is 300 Å². The maximum absolute atomic E-state index is 6.64. The average molecular weight is 678 g/mol. The van der Waals surface area contributed by atoms with E-state index in [0.29, 0.717) is 6.67 Å². The number of nitrogens with zero attached hydrogens (tertiary/aromatic N) is 5. The summed E-state index contributed by atoms with van der Waals surface area (Å²) >= 11 is 0. The van der Waals surface area contributed by atoms with Crippen molar-refractivity contribution < 1.29 is 9.15 Å². The van der Waals surface area contributed by atoms with Crippen molar-refractivity contribution in [2.45, 2.75) is 26.2 Å². The number of hydrogen-bond acceptors (Lipinski definition) is 6. The number of ether oxygens (including phenoxy) is 1. The standard InChI is InChI=1S/C45H35N5O2/c1-45(2,3)29-20-23-47-43(24-29)50-37-15-6-4-12-33(37)34-19-18-32(26-40(34)50)51-31-11-8-10-30(25-31)48-28-49(38-21-22-46-27-41(38)48)39-16-9-14-36-35-13-5-7-17-42(35)52-44(36)39/h4-27H,28H2,1-3H3. The van der Waals surface area contributed by atoms with Crippen molar-refractivity contribution in [1.29, 1.82) is 0 Å². The fourth-order valence-corrected chi connectivity index (χ4v) is 7.60. The van der Waals surface area contributed by atoms with Crippen LogP contribution in [0, 0.1) is 0 Å². The van der Waals surface area contributed by atoms with Gasteiger partial charge in [-0.15, -0.1) is 0 Å². The third-order valence-electron chi connectivity index (χ3n) is 10.2. The number of pyridine rings is 2. The fourth-order valence-electron chi connectivity index (χ4n) is 7.60. The summed E-state index contributed by atoms with van der Waals surface area (Å²) in [7, 11) is 0. The number of anilines is 4. The number of fused-ring (bicyclic) bond motifs is 7. The van der Waals surface area contributed by atoms with Gasteiger partial charge in [-0.25, -0.2) is 4.98 Å². The molecule has 5 heterocycles. The molecule has 0 saturated heterocycles. The largest absolute Gasteiger partial charge is 0.457 e. The van der Waals surface area contributed by atoms with E-state index in [9.17, 15) is 0 Å². The van der Waals surface area contributed by atoms with E-state index in [2.05, 4.69) is 143 Å². The first-order valence-corrected chi connectivity index (χ1v) is 17.6. The summed E-state index contributed by atoms with van der Waals surface area (Å²) in [6, 6.07) is 44.0. The molecule has 0 fully saturated rings. The van der Waals surface area contributed by atoms with Gasteiger partial charge < -0.3 is 19.0 Å². The van der Waals surface area contributed by atoms with Gasteiger partial charge in [0.15, 0.2) is 5.58 Å². The average Bonchev–Trinajstić information content (AvgIpc) is 3.84. The molecule has 0 aliphatic carbocycles. The maximum atomic E-state index is 6.64. The Morgan fingerprint density at radius 3 is 2.31 bits per heavy atom. The van der Waals surface area contributed by atoms with Gasteiger partial charge in [-0.1, -0.05) is 75.4 Å². The number of benzene rings is 5. The maximum Gasteiger partial charge on any atom is 0.159 e. The zero-order chi connectivity index (χ0) is 35.0. The summed E-state index contributed by atoms with van der Waals surface area (Å²) in [4.78, 5) is 13.9. The third-order valence-corrected chi connectivity index (χ3v) is 10.2. The molecule has 0 atom stereocenters. The molecule has 252 valence electrons. The van der Waals surface area contributed by atoms with Gasteiger partial charge in [-0.2, -0.15) is 0 Å². The van der Waals surface area contributed by atoms with Crippen molar-refractivity contribution in [2.24, 2.45) is 0 Å². The van der Waals surface area contributed by atoms with Crippen molar-refractivity contribution >= 4 is 66.5 Å². The highest BCUT2D eigenvalue weighted by molar-refractivity contribution is 6.11. The van der Waals surface area contributed by atoms with Gasteiger partial charge in [0.05, 0.1) is 34.3 Å². The Hall–Kier alpha value is -6.60. The van der Waals surface area contributed by atoms with Crippen molar-refractivity contribution in [1.82, 2.24) is 14.5 Å². The van der Waals surface area contributed by atoms with E-state index in [1.165, 1.54) is 10.9 Å². The third kappa shape index (κ3) is 4.81. The molecule has 7 nitrogen and oxygen atoms in total. The molecular formula is C45H35N5O2. The molecule has 4 aromatic heterocycles. The van der Waals surface area contributed by atoms with Gasteiger partial charge in [-0.3, -0.25) is 9.55 Å². The molecule has 0 amide bonds. The molecule has 0 radical (unpaired) electrons. The summed E-state index contributed by atoms with van der Waals surface area (Å²) in [6.07, 6.45) is 5.68. The fraction of sp³-hybridized carbons (Fsp3) is 0.111. The van der Waals surface area contributed by atoms with E-state index in [-0.39, 0.29) is 5.41 Å². The Morgan fingerprint density at radius 1 is 0.615 bits per heavy atom. The van der Waals surface area contributed by atoms with Gasteiger partial charge in [0.2, 0.25) is 0 Å². The lowest BCUT2D eigenvalue weighted by Gasteiger charge is -2.22. The van der Waals surface area contributed by atoms with Crippen LogP contribution in [0.1, 0.15) is 26.3 Å². The van der Waals surface area contributed by atoms with Crippen LogP contribution in [0.25, 0.3) is 49.6 Å². The molecule has 0 unspecified atom stereocenters. The topological polar surface area (TPSA) is 59.6 Å². The summed E-state index contributed by atoms with van der Waals surface area (Å²) in [6.45, 7) is 7.28. The first-order valence-electron chi connectivity index (χ1n) is 17.6. The number of rotatable bonds is 5. The Balaban J connectivity index is 1.02. The number of para-hydroxylation sites is 3. The summed E-state index contributed by atoms with van der Waals surface area (Å²) < 4.78 is 15.3. The molecule has 0 spiro atoms. The van der Waals surface area contributed by atoms with Crippen LogP contribution in [0.5, 0.6) is 11.5 Å². The van der Waals surface area contributed by atoms with Crippen LogP contribution < -0.4 is 14.5 Å². The van der Waals surface area contributed by atoms with E-state index in [1.54, 1.807) is 0 Å². The van der Waals surface area contributed by atoms with Crippen LogP contribution in [0.4, 0.5) is 22.7 Å². The first kappa shape index (κ1) is 30.2. The first-order chi connectivity index (χ1) is 25.4. The molecule has 1 aliphatic rings. The lowest BCUT2D eigenvalue weighted by Crippen LogP contribution is -2.24. The minimum Gasteiger partial charge on any atom is -0.457 e. The molecule has 7 heteroatoms. The highest BCUT2D eigenvalue weighted by Gasteiger charge is 2.30. The van der Waals surface area contributed by atoms with Crippen LogP contribution in [-0.4, -0.2) is 21.2 Å². The molecule has 52 heavy (non-hydrogen) atoms. The Bertz CT molecular complexity index is 2830. The second kappa shape index (κ2) is 11.5. The molecule has 5 aromatic carbocycles. The van der Waals surface area contributed by atoms with Crippen LogP contribution in [0.3, 0.4) is 0 Å². The second-order valence-corrected chi connectivity index (χ2v) is 14.4. The van der Waals surface area contributed by atoms with Crippen molar-refractivity contribution in [3.8, 4) is 17.3 Å². The Morgan fingerprint density at radius 2 is 1.40 bits per heavy atom. The normalized spacial score (nSPS) is 13.1. The Kier molecular flexibility index (Phi) is 6.67. The van der Waals surface area contributed by atoms with Gasteiger partial charge >= 0.3 is 0 Å². The summed E-state index contributed by atoms with van der Waals surface area (Å²) in [5, 5.41) is 4.55. The number of hydrogen-bond donors (Lipinski definition) is 0. The lowest BCUT2D eigenvalue weighted by molar-refractivity contribution is 0.483. The van der Waals surface area contributed by atoms with E-state index in [0.717, 1.165) is 78.4 Å². The van der Waals surface area contributed by atoms with Crippen molar-refractivity contribution in [3.05, 3.63) is 152 Å². The van der Waals surface area contributed by atoms with Gasteiger partial charge in [0.25, 0.3) is 0 Å². The minimum absolute atomic E-state index is 0.000549. The van der Waals surface area contributed by atoms with Crippen LogP contribution in [-0.2, 0) is 5.41 Å². The molecule has 1 aliphatic heterocycles. The highest BCUT2D eigenvalue weighted by Crippen LogP contribution is 2.47.